The molecule has 5 nitrogen and oxygen atoms in total. The molecule has 0 atom stereocenters. The SMILES string of the molecule is Cc1ccc(S(=O)(=O)Oc2ccc3c(C)cc(=O)oc3c2)cc1. The van der Waals surface area contributed by atoms with Crippen molar-refractivity contribution in [2.24, 2.45) is 0 Å². The molecule has 0 spiro atoms. The molecule has 0 unspecified atom stereocenters. The molecule has 0 saturated carbocycles. The lowest BCUT2D eigenvalue weighted by atomic mass is 10.1. The van der Waals surface area contributed by atoms with Gasteiger partial charge in [0.1, 0.15) is 16.2 Å². The summed E-state index contributed by atoms with van der Waals surface area (Å²) in [4.78, 5) is 11.5. The Morgan fingerprint density at radius 3 is 2.35 bits per heavy atom. The lowest BCUT2D eigenvalue weighted by Gasteiger charge is -2.08. The molecular formula is C17H14O5S. The monoisotopic (exact) mass is 330 g/mol. The average Bonchev–Trinajstić information content (AvgIpc) is 2.46. The van der Waals surface area contributed by atoms with Crippen LogP contribution < -0.4 is 9.81 Å². The Bertz CT molecular complexity index is 1030. The van der Waals surface area contributed by atoms with Gasteiger partial charge in [0.05, 0.1) is 0 Å². The van der Waals surface area contributed by atoms with E-state index in [1.54, 1.807) is 25.1 Å². The van der Waals surface area contributed by atoms with E-state index >= 15 is 0 Å². The van der Waals surface area contributed by atoms with Crippen LogP contribution in [-0.4, -0.2) is 8.42 Å². The molecule has 0 radical (unpaired) electrons. The van der Waals surface area contributed by atoms with E-state index < -0.39 is 15.7 Å². The second-order valence-electron chi connectivity index (χ2n) is 5.26. The first-order valence-electron chi connectivity index (χ1n) is 6.91. The van der Waals surface area contributed by atoms with Crippen LogP contribution in [0.15, 0.2) is 62.6 Å². The number of hydrogen-bond donors (Lipinski definition) is 0. The van der Waals surface area contributed by atoms with Gasteiger partial charge in [-0.15, -0.1) is 0 Å². The largest absolute Gasteiger partial charge is 0.423 e. The second-order valence-corrected chi connectivity index (χ2v) is 6.80. The van der Waals surface area contributed by atoms with E-state index in [0.29, 0.717) is 0 Å². The van der Waals surface area contributed by atoms with Crippen LogP contribution in [-0.2, 0) is 10.1 Å². The zero-order valence-corrected chi connectivity index (χ0v) is 13.4. The van der Waals surface area contributed by atoms with Crippen LogP contribution in [0.25, 0.3) is 11.0 Å². The van der Waals surface area contributed by atoms with Gasteiger partial charge in [-0.3, -0.25) is 0 Å². The summed E-state index contributed by atoms with van der Waals surface area (Å²) in [5, 5.41) is 0.727. The summed E-state index contributed by atoms with van der Waals surface area (Å²) < 4.78 is 34.8. The normalized spacial score (nSPS) is 11.6. The van der Waals surface area contributed by atoms with E-state index in [9.17, 15) is 13.2 Å². The maximum absolute atomic E-state index is 12.3. The molecule has 0 saturated heterocycles. The smallest absolute Gasteiger partial charge is 0.339 e. The van der Waals surface area contributed by atoms with Crippen LogP contribution in [0.2, 0.25) is 0 Å². The molecule has 0 aliphatic rings. The maximum Gasteiger partial charge on any atom is 0.339 e. The van der Waals surface area contributed by atoms with Crippen molar-refractivity contribution in [1.82, 2.24) is 0 Å². The van der Waals surface area contributed by atoms with Crippen LogP contribution in [0, 0.1) is 13.8 Å². The molecule has 3 rings (SSSR count). The van der Waals surface area contributed by atoms with Crippen molar-refractivity contribution in [3.05, 3.63) is 70.1 Å². The van der Waals surface area contributed by atoms with Gasteiger partial charge in [-0.05, 0) is 43.7 Å². The molecule has 23 heavy (non-hydrogen) atoms. The van der Waals surface area contributed by atoms with E-state index in [1.807, 2.05) is 6.92 Å². The van der Waals surface area contributed by atoms with Crippen LogP contribution in [0.5, 0.6) is 5.75 Å². The minimum Gasteiger partial charge on any atom is -0.423 e. The van der Waals surface area contributed by atoms with Crippen LogP contribution >= 0.6 is 0 Å². The highest BCUT2D eigenvalue weighted by Gasteiger charge is 2.17. The molecule has 2 aromatic carbocycles. The summed E-state index contributed by atoms with van der Waals surface area (Å²) in [5.41, 5.74) is 1.50. The van der Waals surface area contributed by atoms with Gasteiger partial charge in [-0.2, -0.15) is 8.42 Å². The molecule has 6 heteroatoms. The Morgan fingerprint density at radius 2 is 1.65 bits per heavy atom. The van der Waals surface area contributed by atoms with Gasteiger partial charge in [-0.25, -0.2) is 4.79 Å². The third-order valence-corrected chi connectivity index (χ3v) is 4.70. The fourth-order valence-electron chi connectivity index (χ4n) is 2.24. The lowest BCUT2D eigenvalue weighted by Crippen LogP contribution is -2.09. The first-order valence-corrected chi connectivity index (χ1v) is 8.32. The molecule has 0 aliphatic carbocycles. The van der Waals surface area contributed by atoms with E-state index in [1.165, 1.54) is 30.3 Å². The average molecular weight is 330 g/mol. The van der Waals surface area contributed by atoms with Crippen molar-refractivity contribution >= 4 is 21.1 Å². The molecule has 118 valence electrons. The summed E-state index contributed by atoms with van der Waals surface area (Å²) in [6, 6.07) is 12.3. The van der Waals surface area contributed by atoms with E-state index in [0.717, 1.165) is 16.5 Å². The highest BCUT2D eigenvalue weighted by molar-refractivity contribution is 7.87. The number of fused-ring (bicyclic) bond motifs is 1. The van der Waals surface area contributed by atoms with Gasteiger partial charge < -0.3 is 8.60 Å². The van der Waals surface area contributed by atoms with Crippen LogP contribution in [0.4, 0.5) is 0 Å². The maximum atomic E-state index is 12.3. The van der Waals surface area contributed by atoms with Crippen LogP contribution in [0.1, 0.15) is 11.1 Å². The quantitative estimate of drug-likeness (QED) is 0.545. The van der Waals surface area contributed by atoms with Gasteiger partial charge in [-0.1, -0.05) is 17.7 Å². The number of benzene rings is 2. The summed E-state index contributed by atoms with van der Waals surface area (Å²) >= 11 is 0. The van der Waals surface area contributed by atoms with E-state index in [2.05, 4.69) is 0 Å². The van der Waals surface area contributed by atoms with Crippen molar-refractivity contribution in [2.75, 3.05) is 0 Å². The minimum atomic E-state index is -3.94. The highest BCUT2D eigenvalue weighted by atomic mass is 32.2. The number of aryl methyl sites for hydroxylation is 2. The first kappa shape index (κ1) is 15.3. The van der Waals surface area contributed by atoms with Crippen molar-refractivity contribution in [2.45, 2.75) is 18.7 Å². The van der Waals surface area contributed by atoms with Crippen LogP contribution in [0.3, 0.4) is 0 Å². The standard InChI is InChI=1S/C17H14O5S/c1-11-3-6-14(7-4-11)23(19,20)22-13-5-8-15-12(2)9-17(18)21-16(15)10-13/h3-10H,1-2H3. The number of hydrogen-bond acceptors (Lipinski definition) is 5. The summed E-state index contributed by atoms with van der Waals surface area (Å²) in [6.07, 6.45) is 0. The molecule has 0 fully saturated rings. The Hall–Kier alpha value is -2.60. The van der Waals surface area contributed by atoms with Gasteiger partial charge >= 0.3 is 15.7 Å². The highest BCUT2D eigenvalue weighted by Crippen LogP contribution is 2.25. The van der Waals surface area contributed by atoms with Crippen molar-refractivity contribution in [3.63, 3.8) is 0 Å². The predicted octanol–water partition coefficient (Wildman–Crippen LogP) is 3.18. The number of rotatable bonds is 3. The molecule has 3 aromatic rings. The summed E-state index contributed by atoms with van der Waals surface area (Å²) in [5.74, 6) is 0.0897. The third kappa shape index (κ3) is 3.12. The minimum absolute atomic E-state index is 0.0638. The van der Waals surface area contributed by atoms with Gasteiger partial charge in [0.2, 0.25) is 0 Å². The molecule has 1 heterocycles. The molecular weight excluding hydrogens is 316 g/mol. The molecule has 0 amide bonds. The molecule has 1 aromatic heterocycles. The van der Waals surface area contributed by atoms with Gasteiger partial charge in [0.25, 0.3) is 0 Å². The Kier molecular flexibility index (Phi) is 3.69. The van der Waals surface area contributed by atoms with Crippen molar-refractivity contribution in [1.29, 1.82) is 0 Å². The van der Waals surface area contributed by atoms with E-state index in [4.69, 9.17) is 8.60 Å². The Labute approximate surface area is 133 Å². The molecule has 0 aliphatic heterocycles. The fourth-order valence-corrected chi connectivity index (χ4v) is 3.16. The van der Waals surface area contributed by atoms with Gasteiger partial charge in [0, 0.05) is 17.5 Å². The predicted molar refractivity (Wildman–Crippen MR) is 86.2 cm³/mol. The summed E-state index contributed by atoms with van der Waals surface area (Å²) in [7, 11) is -3.94. The zero-order valence-electron chi connectivity index (χ0n) is 12.6. The second kappa shape index (κ2) is 5.55. The first-order chi connectivity index (χ1) is 10.8. The fraction of sp³-hybridized carbons (Fsp3) is 0.118. The van der Waals surface area contributed by atoms with E-state index in [-0.39, 0.29) is 16.2 Å². The van der Waals surface area contributed by atoms with Crippen molar-refractivity contribution in [3.8, 4) is 5.75 Å². The molecule has 0 N–H and O–H groups in total. The Morgan fingerprint density at radius 1 is 0.957 bits per heavy atom. The lowest BCUT2D eigenvalue weighted by molar-refractivity contribution is 0.485. The van der Waals surface area contributed by atoms with Gasteiger partial charge in [0.15, 0.2) is 0 Å². The van der Waals surface area contributed by atoms with Crippen molar-refractivity contribution < 1.29 is 17.0 Å². The summed E-state index contributed by atoms with van der Waals surface area (Å²) in [6.45, 7) is 3.65. The topological polar surface area (TPSA) is 73.6 Å². The zero-order chi connectivity index (χ0) is 16.6. The Balaban J connectivity index is 2.01. The third-order valence-electron chi connectivity index (χ3n) is 3.44. The molecule has 0 bridgehead atoms.